The molecule has 1 unspecified atom stereocenters. The van der Waals surface area contributed by atoms with Crippen molar-refractivity contribution in [1.82, 2.24) is 5.32 Å². The van der Waals surface area contributed by atoms with E-state index in [0.29, 0.717) is 17.0 Å². The second kappa shape index (κ2) is 6.31. The van der Waals surface area contributed by atoms with Crippen molar-refractivity contribution in [2.24, 2.45) is 11.1 Å². The summed E-state index contributed by atoms with van der Waals surface area (Å²) < 4.78 is 0. The van der Waals surface area contributed by atoms with Crippen LogP contribution in [0.25, 0.3) is 0 Å². The Morgan fingerprint density at radius 1 is 1.13 bits per heavy atom. The van der Waals surface area contributed by atoms with Crippen LogP contribution in [-0.4, -0.2) is 22.6 Å². The van der Waals surface area contributed by atoms with E-state index >= 15 is 0 Å². The molecule has 2 amide bonds. The summed E-state index contributed by atoms with van der Waals surface area (Å²) in [5.74, 6) is -1.03. The Labute approximate surface area is 132 Å². The zero-order valence-electron chi connectivity index (χ0n) is 12.1. The van der Waals surface area contributed by atoms with Crippen molar-refractivity contribution in [3.05, 3.63) is 60.2 Å². The number of hydrogen-bond acceptors (Lipinski definition) is 5. The summed E-state index contributed by atoms with van der Waals surface area (Å²) >= 11 is 0. The Balaban J connectivity index is 1.93. The van der Waals surface area contributed by atoms with Crippen LogP contribution in [0.1, 0.15) is 12.0 Å². The second-order valence-corrected chi connectivity index (χ2v) is 5.10. The molecule has 0 radical (unpaired) electrons. The van der Waals surface area contributed by atoms with E-state index in [2.05, 4.69) is 10.5 Å². The molecule has 116 valence electrons. The first-order chi connectivity index (χ1) is 11.1. The third-order valence-corrected chi connectivity index (χ3v) is 3.44. The molecular weight excluding hydrogens is 296 g/mol. The quantitative estimate of drug-likeness (QED) is 0.512. The fourth-order valence-electron chi connectivity index (χ4n) is 2.34. The Morgan fingerprint density at radius 2 is 1.91 bits per heavy atom. The first-order valence-electron chi connectivity index (χ1n) is 7.06. The molecule has 0 bridgehead atoms. The smallest absolute Gasteiger partial charge is 0.236 e. The molecule has 2 aromatic rings. The molecule has 0 spiro atoms. The number of amides is 2. The number of nitrogens with zero attached hydrogens (tertiary/aromatic N) is 1. The number of aromatic hydroxyl groups is 1. The Hall–Kier alpha value is -3.15. The Bertz CT molecular complexity index is 771. The van der Waals surface area contributed by atoms with Gasteiger partial charge in [0.15, 0.2) is 5.75 Å². The minimum atomic E-state index is -0.692. The molecule has 6 heteroatoms. The molecule has 1 atom stereocenters. The van der Waals surface area contributed by atoms with Crippen LogP contribution in [-0.2, 0) is 9.59 Å². The number of phenolic OH excluding ortho intramolecular Hbond substituents is 1. The number of carbonyl (C=O) groups is 2. The van der Waals surface area contributed by atoms with Crippen molar-refractivity contribution in [3.63, 3.8) is 0 Å². The van der Waals surface area contributed by atoms with Crippen molar-refractivity contribution in [1.29, 1.82) is 0 Å². The van der Waals surface area contributed by atoms with Crippen molar-refractivity contribution in [2.75, 3.05) is 0 Å². The van der Waals surface area contributed by atoms with Gasteiger partial charge in [-0.3, -0.25) is 14.9 Å². The lowest BCUT2D eigenvalue weighted by molar-refractivity contribution is -0.125. The molecule has 0 aromatic heterocycles. The molecule has 0 aliphatic carbocycles. The van der Waals surface area contributed by atoms with Crippen LogP contribution in [0, 0.1) is 5.92 Å². The van der Waals surface area contributed by atoms with E-state index in [1.165, 1.54) is 12.1 Å². The van der Waals surface area contributed by atoms with Gasteiger partial charge >= 0.3 is 0 Å². The van der Waals surface area contributed by atoms with Crippen molar-refractivity contribution in [3.8, 4) is 11.5 Å². The van der Waals surface area contributed by atoms with Crippen LogP contribution in [0.2, 0.25) is 0 Å². The summed E-state index contributed by atoms with van der Waals surface area (Å²) in [6.07, 6.45) is 0.0377. The van der Waals surface area contributed by atoms with Gasteiger partial charge in [0.05, 0.1) is 5.92 Å². The van der Waals surface area contributed by atoms with E-state index in [1.807, 2.05) is 18.2 Å². The van der Waals surface area contributed by atoms with Crippen LogP contribution in [0.3, 0.4) is 0 Å². The lowest BCUT2D eigenvalue weighted by Gasteiger charge is -2.11. The Morgan fingerprint density at radius 3 is 2.57 bits per heavy atom. The number of carbonyl (C=O) groups excluding carboxylic acids is 2. The standard InChI is InChI=1S/C17H14N2O4/c20-12-7-4-8-13(9-12)23-19-16(11-5-2-1-3-6-11)14-10-15(21)18-17(14)22/h1-9,14,20H,10H2,(H,18,21,22)/b19-16-. The molecule has 6 nitrogen and oxygen atoms in total. The van der Waals surface area contributed by atoms with Gasteiger partial charge in [0.2, 0.25) is 11.8 Å². The van der Waals surface area contributed by atoms with Crippen molar-refractivity contribution >= 4 is 17.5 Å². The van der Waals surface area contributed by atoms with Crippen LogP contribution in [0.5, 0.6) is 11.5 Å². The predicted octanol–water partition coefficient (Wildman–Crippen LogP) is 1.84. The van der Waals surface area contributed by atoms with Gasteiger partial charge in [0, 0.05) is 18.1 Å². The fourth-order valence-corrected chi connectivity index (χ4v) is 2.34. The van der Waals surface area contributed by atoms with E-state index in [-0.39, 0.29) is 18.1 Å². The number of benzene rings is 2. The highest BCUT2D eigenvalue weighted by Gasteiger charge is 2.35. The summed E-state index contributed by atoms with van der Waals surface area (Å²) in [5.41, 5.74) is 1.07. The van der Waals surface area contributed by atoms with Gasteiger partial charge in [-0.05, 0) is 12.1 Å². The topological polar surface area (TPSA) is 88.0 Å². The summed E-state index contributed by atoms with van der Waals surface area (Å²) in [5, 5.41) is 15.8. The number of imide groups is 1. The monoisotopic (exact) mass is 310 g/mol. The summed E-state index contributed by atoms with van der Waals surface area (Å²) in [6.45, 7) is 0. The average molecular weight is 310 g/mol. The lowest BCUT2D eigenvalue weighted by atomic mass is 9.95. The largest absolute Gasteiger partial charge is 0.508 e. The van der Waals surface area contributed by atoms with Crippen molar-refractivity contribution < 1.29 is 19.5 Å². The highest BCUT2D eigenvalue weighted by atomic mass is 16.6. The zero-order valence-corrected chi connectivity index (χ0v) is 12.1. The summed E-state index contributed by atoms with van der Waals surface area (Å²) in [7, 11) is 0. The molecule has 1 fully saturated rings. The molecule has 2 aromatic carbocycles. The van der Waals surface area contributed by atoms with E-state index in [4.69, 9.17) is 4.84 Å². The number of hydrogen-bond donors (Lipinski definition) is 2. The third-order valence-electron chi connectivity index (χ3n) is 3.44. The summed E-state index contributed by atoms with van der Waals surface area (Å²) in [4.78, 5) is 28.8. The minimum absolute atomic E-state index is 0.0377. The van der Waals surface area contributed by atoms with Gasteiger partial charge in [-0.2, -0.15) is 0 Å². The molecule has 1 heterocycles. The second-order valence-electron chi connectivity index (χ2n) is 5.10. The third kappa shape index (κ3) is 3.37. The van der Waals surface area contributed by atoms with Crippen LogP contribution in [0.4, 0.5) is 0 Å². The Kier molecular flexibility index (Phi) is 4.05. The molecule has 1 aliphatic heterocycles. The van der Waals surface area contributed by atoms with E-state index < -0.39 is 11.8 Å². The van der Waals surface area contributed by atoms with E-state index in [9.17, 15) is 14.7 Å². The predicted molar refractivity (Wildman–Crippen MR) is 83.0 cm³/mol. The molecular formula is C17H14N2O4. The number of oxime groups is 1. The maximum atomic E-state index is 12.0. The molecule has 0 saturated carbocycles. The van der Waals surface area contributed by atoms with Gasteiger partial charge < -0.3 is 9.94 Å². The highest BCUT2D eigenvalue weighted by molar-refractivity contribution is 6.20. The number of phenols is 1. The lowest BCUT2D eigenvalue weighted by Crippen LogP contribution is -2.27. The van der Waals surface area contributed by atoms with Gasteiger partial charge in [0.1, 0.15) is 11.5 Å². The van der Waals surface area contributed by atoms with Gasteiger partial charge in [-0.25, -0.2) is 0 Å². The fraction of sp³-hybridized carbons (Fsp3) is 0.118. The normalized spacial score (nSPS) is 17.9. The maximum absolute atomic E-state index is 12.0. The highest BCUT2D eigenvalue weighted by Crippen LogP contribution is 2.21. The van der Waals surface area contributed by atoms with Gasteiger partial charge in [-0.1, -0.05) is 41.6 Å². The zero-order chi connectivity index (χ0) is 16.2. The summed E-state index contributed by atoms with van der Waals surface area (Å²) in [6, 6.07) is 15.2. The van der Waals surface area contributed by atoms with E-state index in [1.54, 1.807) is 24.3 Å². The molecule has 1 aliphatic rings. The molecule has 1 saturated heterocycles. The SMILES string of the molecule is O=C1CC(/C(=N\Oc2cccc(O)c2)c2ccccc2)C(=O)N1. The first-order valence-corrected chi connectivity index (χ1v) is 7.06. The number of rotatable bonds is 4. The molecule has 3 rings (SSSR count). The van der Waals surface area contributed by atoms with Crippen LogP contribution < -0.4 is 10.2 Å². The number of nitrogens with one attached hydrogen (secondary N) is 1. The molecule has 2 N–H and O–H groups in total. The van der Waals surface area contributed by atoms with E-state index in [0.717, 1.165) is 0 Å². The van der Waals surface area contributed by atoms with Gasteiger partial charge in [-0.15, -0.1) is 0 Å². The van der Waals surface area contributed by atoms with Crippen LogP contribution in [0.15, 0.2) is 59.8 Å². The molecule has 23 heavy (non-hydrogen) atoms. The average Bonchev–Trinajstić information content (AvgIpc) is 2.87. The van der Waals surface area contributed by atoms with Crippen LogP contribution >= 0.6 is 0 Å². The minimum Gasteiger partial charge on any atom is -0.508 e. The maximum Gasteiger partial charge on any atom is 0.236 e. The van der Waals surface area contributed by atoms with Gasteiger partial charge in [0.25, 0.3) is 0 Å². The first kappa shape index (κ1) is 14.8. The van der Waals surface area contributed by atoms with Crippen molar-refractivity contribution in [2.45, 2.75) is 6.42 Å².